The van der Waals surface area contributed by atoms with Gasteiger partial charge in [0, 0.05) is 6.04 Å². The van der Waals surface area contributed by atoms with Gasteiger partial charge in [0.2, 0.25) is 0 Å². The molecule has 1 aliphatic carbocycles. The number of carbonyl (C=O) groups is 1. The lowest BCUT2D eigenvalue weighted by molar-refractivity contribution is 0.0933. The lowest BCUT2D eigenvalue weighted by Gasteiger charge is -2.12. The Morgan fingerprint density at radius 2 is 1.91 bits per heavy atom. The van der Waals surface area contributed by atoms with E-state index in [0.717, 1.165) is 18.5 Å². The van der Waals surface area contributed by atoms with Gasteiger partial charge in [-0.15, -0.1) is 0 Å². The monoisotopic (exact) mass is 349 g/mol. The zero-order valence-corrected chi connectivity index (χ0v) is 14.0. The summed E-state index contributed by atoms with van der Waals surface area (Å²) in [5.41, 5.74) is 1.86. The van der Waals surface area contributed by atoms with Crippen LogP contribution in [0.15, 0.2) is 36.5 Å². The quantitative estimate of drug-likeness (QED) is 0.832. The summed E-state index contributed by atoms with van der Waals surface area (Å²) >= 11 is 12.1. The number of halogens is 2. The molecule has 1 fully saturated rings. The Morgan fingerprint density at radius 1 is 1.13 bits per heavy atom. The molecule has 0 radical (unpaired) electrons. The summed E-state index contributed by atoms with van der Waals surface area (Å²) in [4.78, 5) is 16.4. The molecule has 1 aromatic carbocycles. The van der Waals surface area contributed by atoms with E-state index in [4.69, 9.17) is 23.2 Å². The van der Waals surface area contributed by atoms with E-state index in [9.17, 15) is 4.79 Å². The third-order valence-corrected chi connectivity index (χ3v) is 4.74. The summed E-state index contributed by atoms with van der Waals surface area (Å²) in [6.07, 6.45) is 6.08. The fraction of sp³-hybridized carbons (Fsp3) is 0.294. The second-order valence-corrected chi connectivity index (χ2v) is 6.40. The van der Waals surface area contributed by atoms with Crippen LogP contribution in [-0.4, -0.2) is 16.9 Å². The van der Waals surface area contributed by atoms with Gasteiger partial charge in [0.05, 0.1) is 27.6 Å². The van der Waals surface area contributed by atoms with Gasteiger partial charge in [-0.2, -0.15) is 0 Å². The van der Waals surface area contributed by atoms with Crippen LogP contribution in [0.2, 0.25) is 10.0 Å². The first-order chi connectivity index (χ1) is 11.1. The normalized spacial score (nSPS) is 14.7. The number of hydrogen-bond acceptors (Lipinski definition) is 3. The number of benzene rings is 1. The molecule has 1 heterocycles. The number of amides is 1. The second kappa shape index (κ2) is 7.20. The molecule has 2 aromatic rings. The van der Waals surface area contributed by atoms with Crippen LogP contribution in [-0.2, 0) is 0 Å². The van der Waals surface area contributed by atoms with Crippen molar-refractivity contribution >= 4 is 40.5 Å². The third-order valence-electron chi connectivity index (χ3n) is 3.92. The fourth-order valence-corrected chi connectivity index (χ4v) is 3.04. The molecule has 0 spiro atoms. The summed E-state index contributed by atoms with van der Waals surface area (Å²) in [5, 5.41) is 7.10. The number of nitrogens with one attached hydrogen (secondary N) is 2. The first-order valence-electron chi connectivity index (χ1n) is 7.61. The molecule has 3 rings (SSSR count). The minimum absolute atomic E-state index is 0.121. The smallest absolute Gasteiger partial charge is 0.270 e. The number of rotatable bonds is 4. The van der Waals surface area contributed by atoms with Gasteiger partial charge in [0.1, 0.15) is 5.69 Å². The Hall–Kier alpha value is -1.78. The number of nitrogens with zero attached hydrogens (tertiary/aromatic N) is 1. The Morgan fingerprint density at radius 3 is 2.61 bits per heavy atom. The van der Waals surface area contributed by atoms with E-state index in [0.29, 0.717) is 21.4 Å². The average molecular weight is 350 g/mol. The van der Waals surface area contributed by atoms with Gasteiger partial charge >= 0.3 is 0 Å². The van der Waals surface area contributed by atoms with E-state index in [1.807, 2.05) is 12.1 Å². The Balaban J connectivity index is 1.66. The molecule has 0 unspecified atom stereocenters. The maximum atomic E-state index is 12.1. The zero-order chi connectivity index (χ0) is 16.2. The Bertz CT molecular complexity index is 697. The molecular weight excluding hydrogens is 333 g/mol. The highest BCUT2D eigenvalue weighted by molar-refractivity contribution is 6.43. The lowest BCUT2D eigenvalue weighted by Crippen LogP contribution is -2.33. The Labute approximate surface area is 145 Å². The van der Waals surface area contributed by atoms with Crippen LogP contribution in [0, 0.1) is 0 Å². The van der Waals surface area contributed by atoms with Crippen LogP contribution in [0.5, 0.6) is 0 Å². The molecule has 0 saturated heterocycles. The van der Waals surface area contributed by atoms with Crippen LogP contribution in [0.25, 0.3) is 0 Å². The summed E-state index contributed by atoms with van der Waals surface area (Å²) in [7, 11) is 0. The van der Waals surface area contributed by atoms with Crippen molar-refractivity contribution in [2.45, 2.75) is 31.7 Å². The zero-order valence-electron chi connectivity index (χ0n) is 12.5. The number of pyridine rings is 1. The van der Waals surface area contributed by atoms with Gasteiger partial charge in [0.15, 0.2) is 0 Å². The van der Waals surface area contributed by atoms with Crippen molar-refractivity contribution < 1.29 is 4.79 Å². The van der Waals surface area contributed by atoms with Crippen LogP contribution in [0.1, 0.15) is 36.2 Å². The van der Waals surface area contributed by atoms with Crippen LogP contribution < -0.4 is 10.6 Å². The second-order valence-electron chi connectivity index (χ2n) is 5.61. The standard InChI is InChI=1S/C17H17Cl2N3O/c18-13-6-3-7-14(16(13)19)21-12-8-9-15(20-10-12)17(23)22-11-4-1-2-5-11/h3,6-11,21H,1-2,4-5H2,(H,22,23). The first-order valence-corrected chi connectivity index (χ1v) is 8.37. The van der Waals surface area contributed by atoms with Crippen LogP contribution in [0.4, 0.5) is 11.4 Å². The maximum Gasteiger partial charge on any atom is 0.270 e. The van der Waals surface area contributed by atoms with Gasteiger partial charge in [-0.25, -0.2) is 4.98 Å². The van der Waals surface area contributed by atoms with Gasteiger partial charge in [0.25, 0.3) is 5.91 Å². The van der Waals surface area contributed by atoms with E-state index < -0.39 is 0 Å². The van der Waals surface area contributed by atoms with Crippen molar-refractivity contribution in [1.82, 2.24) is 10.3 Å². The molecular formula is C17H17Cl2N3O. The molecule has 0 atom stereocenters. The summed E-state index contributed by atoms with van der Waals surface area (Å²) in [6.45, 7) is 0. The molecule has 1 saturated carbocycles. The molecule has 1 amide bonds. The predicted octanol–water partition coefficient (Wildman–Crippen LogP) is 4.80. The predicted molar refractivity (Wildman–Crippen MR) is 93.7 cm³/mol. The topological polar surface area (TPSA) is 54.0 Å². The van der Waals surface area contributed by atoms with Crippen molar-refractivity contribution in [3.63, 3.8) is 0 Å². The summed E-state index contributed by atoms with van der Waals surface area (Å²) < 4.78 is 0. The van der Waals surface area contributed by atoms with Gasteiger partial charge < -0.3 is 10.6 Å². The van der Waals surface area contributed by atoms with Crippen molar-refractivity contribution in [2.75, 3.05) is 5.32 Å². The van der Waals surface area contributed by atoms with E-state index in [-0.39, 0.29) is 11.9 Å². The molecule has 0 bridgehead atoms. The van der Waals surface area contributed by atoms with Crippen molar-refractivity contribution in [1.29, 1.82) is 0 Å². The Kier molecular flexibility index (Phi) is 5.03. The molecule has 4 nitrogen and oxygen atoms in total. The van der Waals surface area contributed by atoms with Gasteiger partial charge in [-0.1, -0.05) is 42.1 Å². The van der Waals surface area contributed by atoms with Gasteiger partial charge in [-0.3, -0.25) is 4.79 Å². The van der Waals surface area contributed by atoms with E-state index in [1.54, 1.807) is 24.4 Å². The van der Waals surface area contributed by atoms with Gasteiger partial charge in [-0.05, 0) is 37.1 Å². The van der Waals surface area contributed by atoms with Crippen molar-refractivity contribution in [3.05, 3.63) is 52.3 Å². The minimum Gasteiger partial charge on any atom is -0.353 e. The fourth-order valence-electron chi connectivity index (χ4n) is 2.69. The first kappa shape index (κ1) is 16.1. The van der Waals surface area contributed by atoms with Crippen molar-refractivity contribution in [3.8, 4) is 0 Å². The molecule has 0 aliphatic heterocycles. The highest BCUT2D eigenvalue weighted by atomic mass is 35.5. The highest BCUT2D eigenvalue weighted by Gasteiger charge is 2.18. The SMILES string of the molecule is O=C(NC1CCCC1)c1ccc(Nc2cccc(Cl)c2Cl)cn1. The molecule has 23 heavy (non-hydrogen) atoms. The molecule has 120 valence electrons. The lowest BCUT2D eigenvalue weighted by atomic mass is 10.2. The number of carbonyl (C=O) groups excluding carboxylic acids is 1. The number of hydrogen-bond donors (Lipinski definition) is 2. The maximum absolute atomic E-state index is 12.1. The largest absolute Gasteiger partial charge is 0.353 e. The van der Waals surface area contributed by atoms with E-state index in [1.165, 1.54) is 12.8 Å². The number of aromatic nitrogens is 1. The third kappa shape index (κ3) is 3.95. The molecule has 6 heteroatoms. The molecule has 1 aromatic heterocycles. The number of anilines is 2. The van der Waals surface area contributed by atoms with Crippen molar-refractivity contribution in [2.24, 2.45) is 0 Å². The molecule has 2 N–H and O–H groups in total. The minimum atomic E-state index is -0.121. The molecule has 1 aliphatic rings. The van der Waals surface area contributed by atoms with Crippen LogP contribution in [0.3, 0.4) is 0 Å². The van der Waals surface area contributed by atoms with E-state index >= 15 is 0 Å². The highest BCUT2D eigenvalue weighted by Crippen LogP contribution is 2.31. The van der Waals surface area contributed by atoms with Crippen LogP contribution >= 0.6 is 23.2 Å². The average Bonchev–Trinajstić information content (AvgIpc) is 3.05. The summed E-state index contributed by atoms with van der Waals surface area (Å²) in [6, 6.07) is 9.15. The summed E-state index contributed by atoms with van der Waals surface area (Å²) in [5.74, 6) is -0.121. The van der Waals surface area contributed by atoms with E-state index in [2.05, 4.69) is 15.6 Å².